The van der Waals surface area contributed by atoms with Crippen LogP contribution in [0.1, 0.15) is 4.88 Å². The van der Waals surface area contributed by atoms with Crippen molar-refractivity contribution in [1.29, 1.82) is 0 Å². The Balaban J connectivity index is 1.93. The van der Waals surface area contributed by atoms with E-state index in [4.69, 9.17) is 4.74 Å². The van der Waals surface area contributed by atoms with Crippen molar-refractivity contribution in [3.8, 4) is 0 Å². The molecule has 1 aromatic heterocycles. The monoisotopic (exact) mass is 263 g/mol. The second-order valence-corrected chi connectivity index (χ2v) is 6.79. The van der Waals surface area contributed by atoms with Gasteiger partial charge < -0.3 is 10.1 Å². The van der Waals surface area contributed by atoms with Crippen LogP contribution in [0.2, 0.25) is 0 Å². The minimum absolute atomic E-state index is 0.0952. The van der Waals surface area contributed by atoms with Crippen LogP contribution in [0, 0.1) is 0 Å². The number of ether oxygens (including phenoxy) is 1. The van der Waals surface area contributed by atoms with Crippen LogP contribution in [0.25, 0.3) is 0 Å². The second kappa shape index (κ2) is 7.01. The molecule has 0 spiro atoms. The van der Waals surface area contributed by atoms with Gasteiger partial charge in [-0.15, -0.1) is 11.3 Å². The smallest absolute Gasteiger partial charge is 0.149 e. The lowest BCUT2D eigenvalue weighted by Gasteiger charge is -2.04. The second-order valence-electron chi connectivity index (χ2n) is 3.50. The molecule has 92 valence electrons. The average molecular weight is 263 g/mol. The van der Waals surface area contributed by atoms with Gasteiger partial charge in [0.1, 0.15) is 9.84 Å². The third-order valence-electron chi connectivity index (χ3n) is 1.90. The quantitative estimate of drug-likeness (QED) is 0.708. The summed E-state index contributed by atoms with van der Waals surface area (Å²) in [4.78, 5) is 1.29. The highest BCUT2D eigenvalue weighted by atomic mass is 32.2. The van der Waals surface area contributed by atoms with Crippen molar-refractivity contribution in [2.45, 2.75) is 6.54 Å². The molecule has 0 bridgehead atoms. The van der Waals surface area contributed by atoms with Crippen molar-refractivity contribution in [3.05, 3.63) is 22.4 Å². The summed E-state index contributed by atoms with van der Waals surface area (Å²) in [5.41, 5.74) is 0. The van der Waals surface area contributed by atoms with E-state index in [1.807, 2.05) is 11.4 Å². The fourth-order valence-electron chi connectivity index (χ4n) is 1.08. The molecule has 0 saturated heterocycles. The summed E-state index contributed by atoms with van der Waals surface area (Å²) >= 11 is 1.71. The Hall–Kier alpha value is -0.430. The largest absolute Gasteiger partial charge is 0.379 e. The molecular weight excluding hydrogens is 246 g/mol. The van der Waals surface area contributed by atoms with Crippen molar-refractivity contribution in [3.63, 3.8) is 0 Å². The van der Waals surface area contributed by atoms with Crippen molar-refractivity contribution < 1.29 is 13.2 Å². The van der Waals surface area contributed by atoms with E-state index in [1.165, 1.54) is 11.1 Å². The predicted molar refractivity (Wildman–Crippen MR) is 66.6 cm³/mol. The predicted octanol–water partition coefficient (Wildman–Crippen LogP) is 0.899. The summed E-state index contributed by atoms with van der Waals surface area (Å²) in [5, 5.41) is 5.26. The van der Waals surface area contributed by atoms with Crippen LogP contribution in [0.5, 0.6) is 0 Å². The SMILES string of the molecule is CS(=O)(=O)CCOCCNCc1cccs1. The molecule has 1 heterocycles. The van der Waals surface area contributed by atoms with Gasteiger partial charge in [-0.05, 0) is 11.4 Å². The number of sulfone groups is 1. The maximum Gasteiger partial charge on any atom is 0.149 e. The first kappa shape index (κ1) is 13.6. The fourth-order valence-corrected chi connectivity index (χ4v) is 2.18. The van der Waals surface area contributed by atoms with Crippen molar-refractivity contribution in [2.75, 3.05) is 31.8 Å². The van der Waals surface area contributed by atoms with E-state index in [1.54, 1.807) is 11.3 Å². The summed E-state index contributed by atoms with van der Waals surface area (Å²) in [6.07, 6.45) is 1.21. The first-order chi connectivity index (χ1) is 7.58. The Labute approximate surface area is 101 Å². The molecule has 0 fully saturated rings. The van der Waals surface area contributed by atoms with E-state index in [0.29, 0.717) is 6.61 Å². The lowest BCUT2D eigenvalue weighted by atomic mass is 10.4. The van der Waals surface area contributed by atoms with Crippen LogP contribution in [0.4, 0.5) is 0 Å². The summed E-state index contributed by atoms with van der Waals surface area (Å²) in [6.45, 7) is 2.40. The highest BCUT2D eigenvalue weighted by Gasteiger charge is 2.00. The minimum Gasteiger partial charge on any atom is -0.379 e. The third kappa shape index (κ3) is 6.95. The van der Waals surface area contributed by atoms with Gasteiger partial charge in [-0.1, -0.05) is 6.07 Å². The van der Waals surface area contributed by atoms with Gasteiger partial charge >= 0.3 is 0 Å². The zero-order chi connectivity index (χ0) is 11.9. The first-order valence-electron chi connectivity index (χ1n) is 5.06. The van der Waals surface area contributed by atoms with Crippen LogP contribution < -0.4 is 5.32 Å². The number of rotatable bonds is 8. The maximum absolute atomic E-state index is 10.8. The molecule has 0 aliphatic carbocycles. The molecule has 0 aromatic carbocycles. The van der Waals surface area contributed by atoms with Gasteiger partial charge in [0.2, 0.25) is 0 Å². The highest BCUT2D eigenvalue weighted by Crippen LogP contribution is 2.06. The Morgan fingerprint density at radius 2 is 2.25 bits per heavy atom. The van der Waals surface area contributed by atoms with Gasteiger partial charge in [0.05, 0.1) is 19.0 Å². The highest BCUT2D eigenvalue weighted by molar-refractivity contribution is 7.90. The van der Waals surface area contributed by atoms with Gasteiger partial charge in [0.15, 0.2) is 0 Å². The normalized spacial score (nSPS) is 11.8. The number of hydrogen-bond acceptors (Lipinski definition) is 5. The minimum atomic E-state index is -2.90. The lowest BCUT2D eigenvalue weighted by molar-refractivity contribution is 0.150. The van der Waals surface area contributed by atoms with Crippen LogP contribution >= 0.6 is 11.3 Å². The van der Waals surface area contributed by atoms with Gasteiger partial charge in [-0.2, -0.15) is 0 Å². The van der Waals surface area contributed by atoms with Crippen LogP contribution in [0.15, 0.2) is 17.5 Å². The summed E-state index contributed by atoms with van der Waals surface area (Å²) in [7, 11) is -2.90. The summed E-state index contributed by atoms with van der Waals surface area (Å²) in [6, 6.07) is 4.09. The Morgan fingerprint density at radius 3 is 2.88 bits per heavy atom. The zero-order valence-electron chi connectivity index (χ0n) is 9.31. The lowest BCUT2D eigenvalue weighted by Crippen LogP contribution is -2.20. The Kier molecular flexibility index (Phi) is 5.97. The van der Waals surface area contributed by atoms with Gasteiger partial charge in [0, 0.05) is 24.2 Å². The summed E-state index contributed by atoms with van der Waals surface area (Å²) in [5.74, 6) is 0.0952. The van der Waals surface area contributed by atoms with Crippen LogP contribution in [-0.4, -0.2) is 40.2 Å². The van der Waals surface area contributed by atoms with Gasteiger partial charge in [-0.25, -0.2) is 8.42 Å². The molecule has 0 atom stereocenters. The molecule has 0 unspecified atom stereocenters. The molecule has 1 aromatic rings. The molecule has 6 heteroatoms. The molecular formula is C10H17NO3S2. The van der Waals surface area contributed by atoms with E-state index in [2.05, 4.69) is 11.4 Å². The van der Waals surface area contributed by atoms with E-state index >= 15 is 0 Å². The number of nitrogens with one attached hydrogen (secondary N) is 1. The summed E-state index contributed by atoms with van der Waals surface area (Å²) < 4.78 is 26.8. The molecule has 1 N–H and O–H groups in total. The average Bonchev–Trinajstić information content (AvgIpc) is 2.67. The number of thiophene rings is 1. The molecule has 0 amide bonds. The molecule has 4 nitrogen and oxygen atoms in total. The fraction of sp³-hybridized carbons (Fsp3) is 0.600. The molecule has 0 saturated carbocycles. The van der Waals surface area contributed by atoms with Crippen LogP contribution in [-0.2, 0) is 21.1 Å². The van der Waals surface area contributed by atoms with Crippen molar-refractivity contribution in [2.24, 2.45) is 0 Å². The topological polar surface area (TPSA) is 55.4 Å². The van der Waals surface area contributed by atoms with Gasteiger partial charge in [-0.3, -0.25) is 0 Å². The first-order valence-corrected chi connectivity index (χ1v) is 8.00. The molecule has 16 heavy (non-hydrogen) atoms. The standard InChI is InChI=1S/C10H17NO3S2/c1-16(12,13)8-6-14-5-4-11-9-10-3-2-7-15-10/h2-3,7,11H,4-6,8-9H2,1H3. The van der Waals surface area contributed by atoms with E-state index in [-0.39, 0.29) is 12.4 Å². The maximum atomic E-state index is 10.8. The zero-order valence-corrected chi connectivity index (χ0v) is 10.9. The molecule has 1 rings (SSSR count). The molecule has 0 aliphatic rings. The van der Waals surface area contributed by atoms with Crippen molar-refractivity contribution >= 4 is 21.2 Å². The molecule has 0 aliphatic heterocycles. The van der Waals surface area contributed by atoms with E-state index < -0.39 is 9.84 Å². The number of hydrogen-bond donors (Lipinski definition) is 1. The van der Waals surface area contributed by atoms with Crippen molar-refractivity contribution in [1.82, 2.24) is 5.32 Å². The van der Waals surface area contributed by atoms with Crippen LogP contribution in [0.3, 0.4) is 0 Å². The third-order valence-corrected chi connectivity index (χ3v) is 3.69. The Bertz CT molecular complexity index is 373. The van der Waals surface area contributed by atoms with E-state index in [9.17, 15) is 8.42 Å². The van der Waals surface area contributed by atoms with E-state index in [0.717, 1.165) is 13.1 Å². The molecule has 0 radical (unpaired) electrons. The Morgan fingerprint density at radius 1 is 1.44 bits per heavy atom. The van der Waals surface area contributed by atoms with Gasteiger partial charge in [0.25, 0.3) is 0 Å².